The van der Waals surface area contributed by atoms with Crippen molar-refractivity contribution in [3.63, 3.8) is 0 Å². The summed E-state index contributed by atoms with van der Waals surface area (Å²) in [5.41, 5.74) is 1.72. The number of rotatable bonds is 8. The van der Waals surface area contributed by atoms with E-state index in [9.17, 15) is 8.42 Å². The highest BCUT2D eigenvalue weighted by Crippen LogP contribution is 2.08. The summed E-state index contributed by atoms with van der Waals surface area (Å²) < 4.78 is 31.5. The van der Waals surface area contributed by atoms with E-state index in [-0.39, 0.29) is 11.6 Å². The molecule has 2 rings (SSSR count). The van der Waals surface area contributed by atoms with Gasteiger partial charge in [-0.1, -0.05) is 13.0 Å². The zero-order valence-electron chi connectivity index (χ0n) is 11.9. The lowest BCUT2D eigenvalue weighted by atomic mass is 10.3. The predicted molar refractivity (Wildman–Crippen MR) is 79.0 cm³/mol. The smallest absolute Gasteiger partial charge is 0.258 e. The van der Waals surface area contributed by atoms with Crippen LogP contribution >= 0.6 is 0 Å². The lowest BCUT2D eigenvalue weighted by Crippen LogP contribution is -2.24. The first-order valence-electron chi connectivity index (χ1n) is 6.78. The summed E-state index contributed by atoms with van der Waals surface area (Å²) in [4.78, 5) is 4.02. The van der Waals surface area contributed by atoms with Gasteiger partial charge in [-0.3, -0.25) is 0 Å². The Hall–Kier alpha value is -1.70. The number of pyridine rings is 1. The Balaban J connectivity index is 1.96. The number of sulfonamides is 1. The fourth-order valence-corrected chi connectivity index (χ4v) is 2.67. The van der Waals surface area contributed by atoms with E-state index in [1.807, 2.05) is 0 Å². The van der Waals surface area contributed by atoms with Gasteiger partial charge >= 0.3 is 0 Å². The molecule has 2 N–H and O–H groups in total. The third-order valence-corrected chi connectivity index (χ3v) is 4.19. The van der Waals surface area contributed by atoms with E-state index < -0.39 is 10.0 Å². The van der Waals surface area contributed by atoms with E-state index in [2.05, 4.69) is 21.9 Å². The van der Waals surface area contributed by atoms with Gasteiger partial charge in [0.1, 0.15) is 0 Å². The van der Waals surface area contributed by atoms with Crippen LogP contribution in [0.5, 0.6) is 0 Å². The number of hydrogen-bond donors (Lipinski definition) is 2. The second kappa shape index (κ2) is 7.35. The molecular weight excluding hydrogens is 290 g/mol. The highest BCUT2D eigenvalue weighted by Gasteiger charge is 2.15. The van der Waals surface area contributed by atoms with Crippen LogP contribution in [-0.2, 0) is 23.1 Å². The van der Waals surface area contributed by atoms with Gasteiger partial charge in [0, 0.05) is 24.8 Å². The Bertz CT molecular complexity index is 637. The Morgan fingerprint density at radius 1 is 1.19 bits per heavy atom. The summed E-state index contributed by atoms with van der Waals surface area (Å²) in [5, 5.41) is 3.26. The van der Waals surface area contributed by atoms with E-state index in [0.29, 0.717) is 6.54 Å². The molecule has 0 unspecified atom stereocenters. The maximum Gasteiger partial charge on any atom is 0.258 e. The normalized spacial score (nSPS) is 11.7. The van der Waals surface area contributed by atoms with Crippen molar-refractivity contribution < 1.29 is 12.8 Å². The molecule has 0 bridgehead atoms. The van der Waals surface area contributed by atoms with Crippen LogP contribution in [0, 0.1) is 0 Å². The maximum atomic E-state index is 12.1. The summed E-state index contributed by atoms with van der Waals surface area (Å²) in [6.07, 6.45) is 5.63. The van der Waals surface area contributed by atoms with Gasteiger partial charge in [0.25, 0.3) is 10.0 Å². The first-order chi connectivity index (χ1) is 10.1. The minimum Gasteiger partial charge on any atom is -0.472 e. The van der Waals surface area contributed by atoms with Crippen LogP contribution in [0.15, 0.2) is 46.4 Å². The molecule has 0 radical (unpaired) electrons. The minimum atomic E-state index is -3.60. The van der Waals surface area contributed by atoms with Crippen LogP contribution in [0.4, 0.5) is 0 Å². The summed E-state index contributed by atoms with van der Waals surface area (Å²) >= 11 is 0. The van der Waals surface area contributed by atoms with Gasteiger partial charge < -0.3 is 9.73 Å². The molecule has 0 aliphatic carbocycles. The molecule has 0 atom stereocenters. The number of nitrogens with zero attached hydrogens (tertiary/aromatic N) is 1. The SMILES string of the molecule is CCCNCc1ccc(S(=O)(=O)NCc2ccoc2)nc1. The second-order valence-electron chi connectivity index (χ2n) is 4.64. The third-order valence-electron chi connectivity index (χ3n) is 2.88. The lowest BCUT2D eigenvalue weighted by molar-refractivity contribution is 0.560. The van der Waals surface area contributed by atoms with Gasteiger partial charge in [-0.15, -0.1) is 0 Å². The largest absolute Gasteiger partial charge is 0.472 e. The molecular formula is C14H19N3O3S. The number of aromatic nitrogens is 1. The average molecular weight is 309 g/mol. The topological polar surface area (TPSA) is 84.2 Å². The van der Waals surface area contributed by atoms with Crippen LogP contribution in [-0.4, -0.2) is 19.9 Å². The van der Waals surface area contributed by atoms with Crippen molar-refractivity contribution in [3.8, 4) is 0 Å². The molecule has 0 aliphatic rings. The Labute approximate surface area is 124 Å². The number of nitrogens with one attached hydrogen (secondary N) is 2. The van der Waals surface area contributed by atoms with Gasteiger partial charge in [0.2, 0.25) is 0 Å². The first kappa shape index (κ1) is 15.7. The second-order valence-corrected chi connectivity index (χ2v) is 6.35. The van der Waals surface area contributed by atoms with E-state index in [0.717, 1.165) is 24.1 Å². The van der Waals surface area contributed by atoms with Crippen molar-refractivity contribution >= 4 is 10.0 Å². The van der Waals surface area contributed by atoms with Crippen molar-refractivity contribution in [2.45, 2.75) is 31.5 Å². The molecule has 0 spiro atoms. The zero-order valence-corrected chi connectivity index (χ0v) is 12.7. The highest BCUT2D eigenvalue weighted by molar-refractivity contribution is 7.89. The predicted octanol–water partition coefficient (Wildman–Crippen LogP) is 1.65. The van der Waals surface area contributed by atoms with Gasteiger partial charge in [0.05, 0.1) is 12.5 Å². The van der Waals surface area contributed by atoms with Gasteiger partial charge in [-0.05, 0) is 30.7 Å². The Kier molecular flexibility index (Phi) is 5.49. The molecule has 0 amide bonds. The van der Waals surface area contributed by atoms with E-state index in [1.165, 1.54) is 18.6 Å². The molecule has 6 nitrogen and oxygen atoms in total. The molecule has 2 aromatic rings. The molecule has 0 fully saturated rings. The molecule has 0 aliphatic heterocycles. The summed E-state index contributed by atoms with van der Waals surface area (Å²) in [6.45, 7) is 3.88. The fraction of sp³-hybridized carbons (Fsp3) is 0.357. The minimum absolute atomic E-state index is 0.0187. The monoisotopic (exact) mass is 309 g/mol. The standard InChI is InChI=1S/C14H19N3O3S/c1-2-6-15-8-12-3-4-14(16-9-12)21(18,19)17-10-13-5-7-20-11-13/h3-5,7,9,11,15,17H,2,6,8,10H2,1H3. The third kappa shape index (κ3) is 4.66. The molecule has 7 heteroatoms. The lowest BCUT2D eigenvalue weighted by Gasteiger charge is -2.06. The van der Waals surface area contributed by atoms with Crippen molar-refractivity contribution in [3.05, 3.63) is 48.0 Å². The van der Waals surface area contributed by atoms with Gasteiger partial charge in [-0.25, -0.2) is 18.1 Å². The molecule has 114 valence electrons. The zero-order chi connectivity index (χ0) is 15.1. The molecule has 0 aromatic carbocycles. The Morgan fingerprint density at radius 3 is 2.67 bits per heavy atom. The van der Waals surface area contributed by atoms with Crippen molar-refractivity contribution in [2.24, 2.45) is 0 Å². The van der Waals surface area contributed by atoms with Crippen molar-refractivity contribution in [1.29, 1.82) is 0 Å². The summed E-state index contributed by atoms with van der Waals surface area (Å²) in [5.74, 6) is 0. The van der Waals surface area contributed by atoms with Gasteiger partial charge in [-0.2, -0.15) is 0 Å². The quantitative estimate of drug-likeness (QED) is 0.724. The van der Waals surface area contributed by atoms with Crippen molar-refractivity contribution in [1.82, 2.24) is 15.0 Å². The maximum absolute atomic E-state index is 12.1. The molecule has 0 saturated carbocycles. The summed E-state index contributed by atoms with van der Waals surface area (Å²) in [6, 6.07) is 4.99. The number of hydrogen-bond acceptors (Lipinski definition) is 5. The Morgan fingerprint density at radius 2 is 2.05 bits per heavy atom. The molecule has 2 aromatic heterocycles. The van der Waals surface area contributed by atoms with Gasteiger partial charge in [0.15, 0.2) is 5.03 Å². The van der Waals surface area contributed by atoms with Crippen molar-refractivity contribution in [2.75, 3.05) is 6.54 Å². The average Bonchev–Trinajstić information content (AvgIpc) is 3.00. The highest BCUT2D eigenvalue weighted by atomic mass is 32.2. The van der Waals surface area contributed by atoms with Crippen LogP contribution in [0.25, 0.3) is 0 Å². The number of furan rings is 1. The van der Waals surface area contributed by atoms with Crippen LogP contribution in [0.3, 0.4) is 0 Å². The van der Waals surface area contributed by atoms with E-state index >= 15 is 0 Å². The van der Waals surface area contributed by atoms with E-state index in [1.54, 1.807) is 18.3 Å². The molecule has 0 saturated heterocycles. The fourth-order valence-electron chi connectivity index (χ4n) is 1.73. The van der Waals surface area contributed by atoms with Crippen LogP contribution < -0.4 is 10.0 Å². The molecule has 2 heterocycles. The van der Waals surface area contributed by atoms with E-state index in [4.69, 9.17) is 4.42 Å². The van der Waals surface area contributed by atoms with Crippen LogP contribution in [0.1, 0.15) is 24.5 Å². The molecule has 21 heavy (non-hydrogen) atoms. The first-order valence-corrected chi connectivity index (χ1v) is 8.26. The summed E-state index contributed by atoms with van der Waals surface area (Å²) in [7, 11) is -3.60. The van der Waals surface area contributed by atoms with Crippen LogP contribution in [0.2, 0.25) is 0 Å².